The van der Waals surface area contributed by atoms with Crippen LogP contribution in [0.25, 0.3) is 0 Å². The molecule has 2 aromatic rings. The van der Waals surface area contributed by atoms with Crippen LogP contribution in [0.4, 0.5) is 11.4 Å². The van der Waals surface area contributed by atoms with E-state index in [4.69, 9.17) is 9.47 Å². The third-order valence-electron chi connectivity index (χ3n) is 5.35. The number of fused-ring (bicyclic) bond motifs is 1. The Hall–Kier alpha value is -3.13. The first-order valence-electron chi connectivity index (χ1n) is 9.93. The molecule has 0 fully saturated rings. The smallest absolute Gasteiger partial charge is 0.370 e. The normalized spacial score (nSPS) is 18.4. The molecular weight excluding hydrogens is 400 g/mol. The number of nitro benzene ring substituents is 1. The van der Waals surface area contributed by atoms with Crippen LogP contribution in [0.5, 0.6) is 11.5 Å². The molecule has 0 saturated heterocycles. The molecule has 8 heteroatoms. The van der Waals surface area contributed by atoms with Gasteiger partial charge in [0.15, 0.2) is 0 Å². The van der Waals surface area contributed by atoms with Crippen molar-refractivity contribution in [1.29, 1.82) is 0 Å². The summed E-state index contributed by atoms with van der Waals surface area (Å²) in [5, 5.41) is 25.3. The maximum Gasteiger partial charge on any atom is 0.370 e. The van der Waals surface area contributed by atoms with Crippen LogP contribution in [0.3, 0.4) is 0 Å². The lowest BCUT2D eigenvalue weighted by Gasteiger charge is -2.28. The number of anilines is 1. The van der Waals surface area contributed by atoms with Gasteiger partial charge in [-0.25, -0.2) is 4.79 Å². The van der Waals surface area contributed by atoms with Crippen LogP contribution in [0, 0.1) is 10.1 Å². The van der Waals surface area contributed by atoms with E-state index in [9.17, 15) is 20.0 Å². The molecule has 1 aliphatic rings. The monoisotopic (exact) mass is 428 g/mol. The number of nitrogens with zero attached hydrogens (tertiary/aromatic N) is 1. The number of nitrogens with one attached hydrogen (secondary N) is 1. The SMILES string of the molecule is COc1cc([N+](=O)[O-])ccc1NC1(O)C(=O)Oc2c(C(C)(C)C)cc(C(C)(C)C)cc21. The summed E-state index contributed by atoms with van der Waals surface area (Å²) in [7, 11) is 1.35. The molecule has 3 rings (SSSR count). The van der Waals surface area contributed by atoms with E-state index < -0.39 is 16.6 Å². The van der Waals surface area contributed by atoms with Crippen molar-refractivity contribution >= 4 is 17.3 Å². The van der Waals surface area contributed by atoms with Crippen LogP contribution >= 0.6 is 0 Å². The highest BCUT2D eigenvalue weighted by Gasteiger charge is 2.51. The number of aliphatic hydroxyl groups is 1. The largest absolute Gasteiger partial charge is 0.494 e. The van der Waals surface area contributed by atoms with Crippen LogP contribution in [0.2, 0.25) is 0 Å². The van der Waals surface area contributed by atoms with Crippen molar-refractivity contribution in [3.05, 3.63) is 57.1 Å². The second kappa shape index (κ2) is 7.23. The summed E-state index contributed by atoms with van der Waals surface area (Å²) >= 11 is 0. The van der Waals surface area contributed by atoms with Crippen molar-refractivity contribution in [2.24, 2.45) is 0 Å². The zero-order chi connectivity index (χ0) is 23.4. The molecule has 0 saturated carbocycles. The van der Waals surface area contributed by atoms with Gasteiger partial charge in [-0.2, -0.15) is 0 Å². The Bertz CT molecular complexity index is 1060. The molecule has 0 radical (unpaired) electrons. The van der Waals surface area contributed by atoms with Crippen molar-refractivity contribution in [2.75, 3.05) is 12.4 Å². The first kappa shape index (κ1) is 22.6. The van der Waals surface area contributed by atoms with Gasteiger partial charge >= 0.3 is 5.97 Å². The predicted octanol–water partition coefficient (Wildman–Crippen LogP) is 4.37. The van der Waals surface area contributed by atoms with Crippen molar-refractivity contribution in [2.45, 2.75) is 58.1 Å². The van der Waals surface area contributed by atoms with Gasteiger partial charge in [-0.05, 0) is 28.5 Å². The minimum absolute atomic E-state index is 0.117. The van der Waals surface area contributed by atoms with E-state index in [1.54, 1.807) is 6.07 Å². The highest BCUT2D eigenvalue weighted by Crippen LogP contribution is 2.47. The number of nitro groups is 1. The summed E-state index contributed by atoms with van der Waals surface area (Å²) in [6, 6.07) is 7.64. The molecule has 1 aliphatic heterocycles. The molecular formula is C23H28N2O6. The Morgan fingerprint density at radius 2 is 1.74 bits per heavy atom. The number of non-ortho nitro benzene ring substituents is 1. The molecule has 1 atom stereocenters. The zero-order valence-corrected chi connectivity index (χ0v) is 18.8. The van der Waals surface area contributed by atoms with Crippen molar-refractivity contribution < 1.29 is 24.3 Å². The summed E-state index contributed by atoms with van der Waals surface area (Å²) in [6.07, 6.45) is 0. The fraction of sp³-hybridized carbons (Fsp3) is 0.435. The van der Waals surface area contributed by atoms with E-state index in [-0.39, 0.29) is 28.0 Å². The van der Waals surface area contributed by atoms with E-state index in [0.29, 0.717) is 11.3 Å². The van der Waals surface area contributed by atoms with Gasteiger partial charge in [0.25, 0.3) is 11.4 Å². The molecule has 0 bridgehead atoms. The van der Waals surface area contributed by atoms with Gasteiger partial charge < -0.3 is 19.9 Å². The van der Waals surface area contributed by atoms with Gasteiger partial charge in [-0.3, -0.25) is 10.1 Å². The number of rotatable bonds is 4. The number of hydrogen-bond acceptors (Lipinski definition) is 7. The predicted molar refractivity (Wildman–Crippen MR) is 117 cm³/mol. The standard InChI is InChI=1S/C23H28N2O6/c1-21(2,3)13-10-15(22(4,5)6)19-16(11-13)23(27,20(26)31-19)24-17-9-8-14(25(28)29)12-18(17)30-7/h8-12,24,27H,1-7H3. The third-order valence-corrected chi connectivity index (χ3v) is 5.35. The Labute approximate surface area is 181 Å². The molecule has 1 heterocycles. The molecule has 0 aromatic heterocycles. The molecule has 0 spiro atoms. The first-order chi connectivity index (χ1) is 14.2. The van der Waals surface area contributed by atoms with Crippen molar-refractivity contribution in [3.63, 3.8) is 0 Å². The van der Waals surface area contributed by atoms with Crippen LogP contribution in [-0.4, -0.2) is 23.1 Å². The van der Waals surface area contributed by atoms with E-state index in [1.807, 2.05) is 47.6 Å². The van der Waals surface area contributed by atoms with Gasteiger partial charge in [0.2, 0.25) is 0 Å². The first-order valence-corrected chi connectivity index (χ1v) is 9.93. The summed E-state index contributed by atoms with van der Waals surface area (Å²) < 4.78 is 10.8. The number of ether oxygens (including phenoxy) is 2. The fourth-order valence-corrected chi connectivity index (χ4v) is 3.48. The minimum atomic E-state index is -2.18. The molecule has 0 aliphatic carbocycles. The quantitative estimate of drug-likeness (QED) is 0.244. The lowest BCUT2D eigenvalue weighted by molar-refractivity contribution is -0.384. The summed E-state index contributed by atoms with van der Waals surface area (Å²) in [5.74, 6) is -0.437. The Morgan fingerprint density at radius 1 is 1.10 bits per heavy atom. The van der Waals surface area contributed by atoms with Crippen LogP contribution in [0.1, 0.15) is 58.2 Å². The molecule has 0 amide bonds. The van der Waals surface area contributed by atoms with E-state index in [0.717, 1.165) is 11.1 Å². The topological polar surface area (TPSA) is 111 Å². The molecule has 8 nitrogen and oxygen atoms in total. The summed E-state index contributed by atoms with van der Waals surface area (Å²) in [6.45, 7) is 12.2. The van der Waals surface area contributed by atoms with Crippen LogP contribution in [-0.2, 0) is 21.3 Å². The molecule has 166 valence electrons. The third kappa shape index (κ3) is 3.95. The van der Waals surface area contributed by atoms with Gasteiger partial charge in [0.1, 0.15) is 11.5 Å². The van der Waals surface area contributed by atoms with E-state index >= 15 is 0 Å². The van der Waals surface area contributed by atoms with E-state index in [1.165, 1.54) is 25.3 Å². The minimum Gasteiger partial charge on any atom is -0.494 e. The summed E-state index contributed by atoms with van der Waals surface area (Å²) in [4.78, 5) is 23.4. The second-order valence-electron chi connectivity index (χ2n) is 9.77. The average molecular weight is 428 g/mol. The second-order valence-corrected chi connectivity index (χ2v) is 9.77. The number of methoxy groups -OCH3 is 1. The maximum absolute atomic E-state index is 12.9. The van der Waals surface area contributed by atoms with Crippen LogP contribution < -0.4 is 14.8 Å². The average Bonchev–Trinajstić information content (AvgIpc) is 2.90. The highest BCUT2D eigenvalue weighted by molar-refractivity contribution is 5.92. The lowest BCUT2D eigenvalue weighted by atomic mass is 9.78. The van der Waals surface area contributed by atoms with Crippen molar-refractivity contribution in [3.8, 4) is 11.5 Å². The highest BCUT2D eigenvalue weighted by atomic mass is 16.6. The molecule has 2 aromatic carbocycles. The number of carbonyl (C=O) groups is 1. The molecule has 2 N–H and O–H groups in total. The maximum atomic E-state index is 12.9. The molecule has 1 unspecified atom stereocenters. The molecule has 31 heavy (non-hydrogen) atoms. The van der Waals surface area contributed by atoms with Gasteiger partial charge in [0, 0.05) is 11.6 Å². The zero-order valence-electron chi connectivity index (χ0n) is 18.8. The number of hydrogen-bond donors (Lipinski definition) is 2. The van der Waals surface area contributed by atoms with Gasteiger partial charge in [-0.1, -0.05) is 47.6 Å². The fourth-order valence-electron chi connectivity index (χ4n) is 3.48. The summed E-state index contributed by atoms with van der Waals surface area (Å²) in [5.41, 5.74) is -0.681. The van der Waals surface area contributed by atoms with Crippen molar-refractivity contribution in [1.82, 2.24) is 0 Å². The van der Waals surface area contributed by atoms with Crippen LogP contribution in [0.15, 0.2) is 30.3 Å². The lowest BCUT2D eigenvalue weighted by Crippen LogP contribution is -2.41. The Morgan fingerprint density at radius 3 is 2.26 bits per heavy atom. The number of benzene rings is 2. The Balaban J connectivity index is 2.19. The van der Waals surface area contributed by atoms with E-state index in [2.05, 4.69) is 5.32 Å². The number of esters is 1. The van der Waals surface area contributed by atoms with Gasteiger partial charge in [-0.15, -0.1) is 0 Å². The van der Waals surface area contributed by atoms with Gasteiger partial charge in [0.05, 0.1) is 29.4 Å². The number of carbonyl (C=O) groups excluding carboxylic acids is 1. The Kier molecular flexibility index (Phi) is 5.26.